The first kappa shape index (κ1) is 11.6. The van der Waals surface area contributed by atoms with Crippen LogP contribution in [0.3, 0.4) is 0 Å². The van der Waals surface area contributed by atoms with Crippen molar-refractivity contribution >= 4 is 40.4 Å². The predicted molar refractivity (Wildman–Crippen MR) is 65.1 cm³/mol. The summed E-state index contributed by atoms with van der Waals surface area (Å²) in [4.78, 5) is 19.9. The minimum absolute atomic E-state index is 0.00236. The van der Waals surface area contributed by atoms with E-state index in [9.17, 15) is 4.79 Å². The lowest BCUT2D eigenvalue weighted by molar-refractivity contribution is -0.136. The normalized spacial score (nSPS) is 10.5. The zero-order chi connectivity index (χ0) is 11.4. The fraction of sp³-hybridized carbons (Fsp3) is 0.222. The first-order valence-electron chi connectivity index (χ1n) is 4.40. The van der Waals surface area contributed by atoms with Crippen LogP contribution in [0.2, 0.25) is 0 Å². The summed E-state index contributed by atoms with van der Waals surface area (Å²) in [6.07, 6.45) is 1.83. The van der Waals surface area contributed by atoms with Gasteiger partial charge in [-0.2, -0.15) is 0 Å². The van der Waals surface area contributed by atoms with Crippen LogP contribution in [0.15, 0.2) is 21.4 Å². The van der Waals surface area contributed by atoms with Crippen molar-refractivity contribution < 1.29 is 9.90 Å². The summed E-state index contributed by atoms with van der Waals surface area (Å²) < 4.78 is 0.907. The number of carboxylic acids is 1. The highest BCUT2D eigenvalue weighted by atomic mass is 32.2. The number of hydrogen-bond acceptors (Lipinski definition) is 6. The molecule has 0 saturated heterocycles. The molecule has 16 heavy (non-hydrogen) atoms. The van der Waals surface area contributed by atoms with Crippen LogP contribution >= 0.6 is 34.4 Å². The third kappa shape index (κ3) is 3.29. The maximum atomic E-state index is 10.5. The van der Waals surface area contributed by atoms with Crippen LogP contribution in [-0.2, 0) is 17.0 Å². The van der Waals surface area contributed by atoms with Crippen molar-refractivity contribution in [3.05, 3.63) is 27.7 Å². The quantitative estimate of drug-likeness (QED) is 0.847. The molecule has 0 saturated carbocycles. The van der Waals surface area contributed by atoms with Crippen LogP contribution in [0.25, 0.3) is 0 Å². The summed E-state index contributed by atoms with van der Waals surface area (Å²) in [6, 6.07) is 0. The van der Waals surface area contributed by atoms with E-state index < -0.39 is 5.97 Å². The van der Waals surface area contributed by atoms with E-state index in [1.54, 1.807) is 34.0 Å². The molecule has 1 N–H and O–H groups in total. The molecule has 7 heteroatoms. The molecule has 0 aromatic carbocycles. The molecule has 2 rings (SSSR count). The molecular formula is C9H8N2O2S3. The summed E-state index contributed by atoms with van der Waals surface area (Å²) in [5.74, 6) is -0.00525. The molecule has 0 radical (unpaired) electrons. The topological polar surface area (TPSA) is 63.1 Å². The molecule has 2 heterocycles. The van der Waals surface area contributed by atoms with Gasteiger partial charge in [-0.15, -0.1) is 22.7 Å². The van der Waals surface area contributed by atoms with E-state index in [-0.39, 0.29) is 6.42 Å². The first-order valence-corrected chi connectivity index (χ1v) is 7.15. The van der Waals surface area contributed by atoms with Gasteiger partial charge in [0.25, 0.3) is 0 Å². The Morgan fingerprint density at radius 2 is 2.38 bits per heavy atom. The van der Waals surface area contributed by atoms with E-state index in [0.29, 0.717) is 5.69 Å². The summed E-state index contributed by atoms with van der Waals surface area (Å²) >= 11 is 4.71. The van der Waals surface area contributed by atoms with Crippen LogP contribution in [-0.4, -0.2) is 21.0 Å². The summed E-state index contributed by atoms with van der Waals surface area (Å²) in [6.45, 7) is 0. The van der Waals surface area contributed by atoms with Crippen LogP contribution < -0.4 is 0 Å². The Balaban J connectivity index is 1.90. The van der Waals surface area contributed by atoms with Crippen molar-refractivity contribution in [3.63, 3.8) is 0 Å². The highest BCUT2D eigenvalue weighted by Crippen LogP contribution is 2.27. The van der Waals surface area contributed by atoms with Gasteiger partial charge in [-0.3, -0.25) is 9.78 Å². The molecule has 0 fully saturated rings. The largest absolute Gasteiger partial charge is 0.481 e. The van der Waals surface area contributed by atoms with Crippen molar-refractivity contribution in [2.75, 3.05) is 0 Å². The molecule has 0 bridgehead atoms. The Bertz CT molecular complexity index is 467. The van der Waals surface area contributed by atoms with Crippen molar-refractivity contribution in [3.8, 4) is 0 Å². The maximum absolute atomic E-state index is 10.5. The van der Waals surface area contributed by atoms with Gasteiger partial charge in [0.15, 0.2) is 0 Å². The zero-order valence-electron chi connectivity index (χ0n) is 8.12. The van der Waals surface area contributed by atoms with Gasteiger partial charge in [0, 0.05) is 22.2 Å². The average molecular weight is 272 g/mol. The molecular weight excluding hydrogens is 264 g/mol. The highest BCUT2D eigenvalue weighted by molar-refractivity contribution is 8.00. The average Bonchev–Trinajstić information content (AvgIpc) is 2.84. The van der Waals surface area contributed by atoms with Crippen molar-refractivity contribution in [1.82, 2.24) is 9.97 Å². The van der Waals surface area contributed by atoms with Crippen LogP contribution in [0.4, 0.5) is 0 Å². The fourth-order valence-electron chi connectivity index (χ4n) is 1.04. The zero-order valence-corrected chi connectivity index (χ0v) is 10.6. The molecule has 84 valence electrons. The monoisotopic (exact) mass is 272 g/mol. The highest BCUT2D eigenvalue weighted by Gasteiger charge is 2.07. The van der Waals surface area contributed by atoms with E-state index in [1.165, 1.54) is 16.2 Å². The standard InChI is InChI=1S/C9H8N2O2S3/c12-8(13)1-6-3-14-9(11-6)15-4-7-2-10-5-16-7/h2-3,5H,1,4H2,(H,12,13). The molecule has 0 amide bonds. The Hall–Kier alpha value is -0.920. The number of hydrogen-bond donors (Lipinski definition) is 1. The summed E-state index contributed by atoms with van der Waals surface area (Å²) in [7, 11) is 0. The number of thiazole rings is 2. The third-order valence-electron chi connectivity index (χ3n) is 1.68. The molecule has 0 spiro atoms. The Kier molecular flexibility index (Phi) is 3.92. The number of rotatable bonds is 5. The van der Waals surface area contributed by atoms with Crippen molar-refractivity contribution in [2.45, 2.75) is 16.5 Å². The third-order valence-corrected chi connectivity index (χ3v) is 4.77. The van der Waals surface area contributed by atoms with Gasteiger partial charge in [0.2, 0.25) is 0 Å². The molecule has 4 nitrogen and oxygen atoms in total. The van der Waals surface area contributed by atoms with Crippen LogP contribution in [0.5, 0.6) is 0 Å². The van der Waals surface area contributed by atoms with Crippen LogP contribution in [0, 0.1) is 0 Å². The lowest BCUT2D eigenvalue weighted by Crippen LogP contribution is -1.99. The second-order valence-electron chi connectivity index (χ2n) is 2.93. The fourth-order valence-corrected chi connectivity index (χ4v) is 3.52. The molecule has 0 aliphatic heterocycles. The number of carboxylic acid groups (broad SMARTS) is 1. The lowest BCUT2D eigenvalue weighted by atomic mass is 10.3. The minimum atomic E-state index is -0.843. The van der Waals surface area contributed by atoms with Crippen molar-refractivity contribution in [2.24, 2.45) is 0 Å². The van der Waals surface area contributed by atoms with Gasteiger partial charge < -0.3 is 5.11 Å². The molecule has 2 aromatic rings. The SMILES string of the molecule is O=C(O)Cc1csc(SCc2cncs2)n1. The van der Waals surface area contributed by atoms with Gasteiger partial charge in [-0.25, -0.2) is 4.98 Å². The Labute approximate surface area is 104 Å². The molecule has 0 aliphatic rings. The lowest BCUT2D eigenvalue weighted by Gasteiger charge is -1.92. The number of thioether (sulfide) groups is 1. The van der Waals surface area contributed by atoms with E-state index in [4.69, 9.17) is 5.11 Å². The van der Waals surface area contributed by atoms with Gasteiger partial charge >= 0.3 is 5.97 Å². The smallest absolute Gasteiger partial charge is 0.309 e. The Morgan fingerprint density at radius 1 is 1.50 bits per heavy atom. The number of carbonyl (C=O) groups is 1. The number of aromatic nitrogens is 2. The second kappa shape index (κ2) is 5.42. The van der Waals surface area contributed by atoms with Gasteiger partial charge in [-0.1, -0.05) is 11.8 Å². The molecule has 2 aromatic heterocycles. The predicted octanol–water partition coefficient (Wildman–Crippen LogP) is 2.52. The van der Waals surface area contributed by atoms with Crippen LogP contribution in [0.1, 0.15) is 10.6 Å². The van der Waals surface area contributed by atoms with E-state index >= 15 is 0 Å². The summed E-state index contributed by atoms with van der Waals surface area (Å²) in [5.41, 5.74) is 2.43. The minimum Gasteiger partial charge on any atom is -0.481 e. The first-order chi connectivity index (χ1) is 7.74. The van der Waals surface area contributed by atoms with Gasteiger partial charge in [0.05, 0.1) is 17.6 Å². The number of nitrogens with zero attached hydrogens (tertiary/aromatic N) is 2. The summed E-state index contributed by atoms with van der Waals surface area (Å²) in [5, 5.41) is 10.4. The van der Waals surface area contributed by atoms with Crippen molar-refractivity contribution in [1.29, 1.82) is 0 Å². The Morgan fingerprint density at radius 3 is 3.06 bits per heavy atom. The molecule has 0 atom stereocenters. The maximum Gasteiger partial charge on any atom is 0.309 e. The van der Waals surface area contributed by atoms with Gasteiger partial charge in [-0.05, 0) is 0 Å². The van der Waals surface area contributed by atoms with E-state index in [0.717, 1.165) is 10.1 Å². The van der Waals surface area contributed by atoms with E-state index in [2.05, 4.69) is 9.97 Å². The van der Waals surface area contributed by atoms with E-state index in [1.807, 2.05) is 6.20 Å². The second-order valence-corrected chi connectivity index (χ2v) is 5.98. The number of aliphatic carboxylic acids is 1. The molecule has 0 aliphatic carbocycles. The molecule has 0 unspecified atom stereocenters. The van der Waals surface area contributed by atoms with Gasteiger partial charge in [0.1, 0.15) is 4.34 Å².